The van der Waals surface area contributed by atoms with E-state index in [2.05, 4.69) is 9.97 Å². The summed E-state index contributed by atoms with van der Waals surface area (Å²) in [4.78, 5) is 32.7. The van der Waals surface area contributed by atoms with Crippen molar-refractivity contribution >= 4 is 11.8 Å². The van der Waals surface area contributed by atoms with Crippen LogP contribution in [0, 0.1) is 0 Å². The number of aromatic amines is 1. The number of rotatable bonds is 5. The monoisotopic (exact) mass is 293 g/mol. The van der Waals surface area contributed by atoms with Crippen LogP contribution in [0.5, 0.6) is 0 Å². The van der Waals surface area contributed by atoms with Crippen LogP contribution in [-0.4, -0.2) is 33.1 Å². The molecule has 2 heterocycles. The van der Waals surface area contributed by atoms with E-state index in [0.29, 0.717) is 31.0 Å². The van der Waals surface area contributed by atoms with Crippen LogP contribution in [0.2, 0.25) is 0 Å². The Hall–Kier alpha value is -1.85. The molecule has 1 aromatic rings. The van der Waals surface area contributed by atoms with Crippen molar-refractivity contribution in [3.8, 4) is 0 Å². The lowest BCUT2D eigenvalue weighted by Gasteiger charge is -2.35. The molecule has 1 unspecified atom stereocenters. The Bertz CT molecular complexity index is 582. The van der Waals surface area contributed by atoms with Gasteiger partial charge in [-0.1, -0.05) is 27.2 Å². The van der Waals surface area contributed by atoms with E-state index in [9.17, 15) is 14.7 Å². The molecule has 0 amide bonds. The zero-order valence-electron chi connectivity index (χ0n) is 12.8. The fourth-order valence-electron chi connectivity index (χ4n) is 3.09. The van der Waals surface area contributed by atoms with Gasteiger partial charge in [0.2, 0.25) is 0 Å². The quantitative estimate of drug-likeness (QED) is 0.868. The molecule has 0 spiro atoms. The first-order chi connectivity index (χ1) is 9.90. The standard InChI is InChI=1S/C15H23N3O3/c1-4-6-15(14(20)21)7-5-8-18(15)11-9-12(19)17-13(16-11)10(2)3/h9-10H,4-8H2,1-3H3,(H,20,21)(H,16,17,19). The molecule has 2 rings (SSSR count). The van der Waals surface area contributed by atoms with E-state index in [1.165, 1.54) is 6.07 Å². The van der Waals surface area contributed by atoms with Gasteiger partial charge in [0, 0.05) is 18.5 Å². The number of nitrogens with one attached hydrogen (secondary N) is 1. The number of nitrogens with zero attached hydrogens (tertiary/aromatic N) is 2. The molecule has 1 aliphatic rings. The van der Waals surface area contributed by atoms with Crippen molar-refractivity contribution < 1.29 is 9.90 Å². The first-order valence-electron chi connectivity index (χ1n) is 7.53. The highest BCUT2D eigenvalue weighted by atomic mass is 16.4. The van der Waals surface area contributed by atoms with Gasteiger partial charge in [0.05, 0.1) is 0 Å². The number of hydrogen-bond acceptors (Lipinski definition) is 4. The molecule has 21 heavy (non-hydrogen) atoms. The molecular formula is C15H23N3O3. The SMILES string of the molecule is CCCC1(C(=O)O)CCCN1c1cc(=O)[nH]c(C(C)C)n1. The summed E-state index contributed by atoms with van der Waals surface area (Å²) in [7, 11) is 0. The van der Waals surface area contributed by atoms with Gasteiger partial charge in [-0.25, -0.2) is 9.78 Å². The third-order valence-electron chi connectivity index (χ3n) is 4.12. The van der Waals surface area contributed by atoms with Gasteiger partial charge >= 0.3 is 5.97 Å². The van der Waals surface area contributed by atoms with E-state index in [-0.39, 0.29) is 11.5 Å². The smallest absolute Gasteiger partial charge is 0.329 e. The fourth-order valence-corrected chi connectivity index (χ4v) is 3.09. The molecular weight excluding hydrogens is 270 g/mol. The second kappa shape index (κ2) is 5.87. The minimum atomic E-state index is -0.927. The highest BCUT2D eigenvalue weighted by Gasteiger charge is 2.47. The molecule has 0 radical (unpaired) electrons. The lowest BCUT2D eigenvalue weighted by molar-refractivity contribution is -0.143. The molecule has 1 aliphatic heterocycles. The number of H-pyrrole nitrogens is 1. The summed E-state index contributed by atoms with van der Waals surface area (Å²) in [5.74, 6) is 0.344. The molecule has 1 aromatic heterocycles. The van der Waals surface area contributed by atoms with E-state index in [1.54, 1.807) is 4.90 Å². The van der Waals surface area contributed by atoms with Gasteiger partial charge in [-0.3, -0.25) is 4.79 Å². The lowest BCUT2D eigenvalue weighted by Crippen LogP contribution is -2.51. The number of carboxylic acids is 1. The normalized spacial score (nSPS) is 22.0. The molecule has 0 saturated carbocycles. The van der Waals surface area contributed by atoms with Crippen molar-refractivity contribution in [2.45, 2.75) is 57.9 Å². The van der Waals surface area contributed by atoms with Gasteiger partial charge in [0.25, 0.3) is 5.56 Å². The predicted molar refractivity (Wildman–Crippen MR) is 80.8 cm³/mol. The molecule has 116 valence electrons. The zero-order chi connectivity index (χ0) is 15.6. The molecule has 0 aromatic carbocycles. The van der Waals surface area contributed by atoms with Crippen LogP contribution in [0.3, 0.4) is 0 Å². The van der Waals surface area contributed by atoms with Crippen molar-refractivity contribution in [2.24, 2.45) is 0 Å². The Morgan fingerprint density at radius 2 is 2.29 bits per heavy atom. The van der Waals surface area contributed by atoms with Gasteiger partial charge in [-0.05, 0) is 19.3 Å². The van der Waals surface area contributed by atoms with Gasteiger partial charge in [-0.15, -0.1) is 0 Å². The van der Waals surface area contributed by atoms with Crippen LogP contribution in [-0.2, 0) is 4.79 Å². The highest BCUT2D eigenvalue weighted by molar-refractivity contribution is 5.84. The number of carboxylic acid groups (broad SMARTS) is 1. The van der Waals surface area contributed by atoms with E-state index in [4.69, 9.17) is 0 Å². The van der Waals surface area contributed by atoms with E-state index >= 15 is 0 Å². The molecule has 1 saturated heterocycles. The minimum absolute atomic E-state index is 0.0886. The molecule has 6 nitrogen and oxygen atoms in total. The Balaban J connectivity index is 2.49. The summed E-state index contributed by atoms with van der Waals surface area (Å²) in [5, 5.41) is 9.72. The van der Waals surface area contributed by atoms with Crippen molar-refractivity contribution in [3.05, 3.63) is 22.2 Å². The average molecular weight is 293 g/mol. The molecule has 1 fully saturated rings. The topological polar surface area (TPSA) is 86.3 Å². The van der Waals surface area contributed by atoms with Crippen molar-refractivity contribution in [2.75, 3.05) is 11.4 Å². The first kappa shape index (κ1) is 15.5. The van der Waals surface area contributed by atoms with Crippen LogP contribution in [0.25, 0.3) is 0 Å². The molecule has 6 heteroatoms. The second-order valence-corrected chi connectivity index (χ2v) is 5.99. The van der Waals surface area contributed by atoms with Gasteiger partial charge in [0.15, 0.2) is 0 Å². The van der Waals surface area contributed by atoms with Crippen LogP contribution in [0.1, 0.15) is 58.2 Å². The van der Waals surface area contributed by atoms with Crippen LogP contribution >= 0.6 is 0 Å². The lowest BCUT2D eigenvalue weighted by atomic mass is 9.90. The fraction of sp³-hybridized carbons (Fsp3) is 0.667. The average Bonchev–Trinajstić information content (AvgIpc) is 2.83. The van der Waals surface area contributed by atoms with Gasteiger partial charge in [0.1, 0.15) is 17.2 Å². The summed E-state index contributed by atoms with van der Waals surface area (Å²) < 4.78 is 0. The number of carbonyl (C=O) groups is 1. The van der Waals surface area contributed by atoms with Crippen molar-refractivity contribution in [1.82, 2.24) is 9.97 Å². The van der Waals surface area contributed by atoms with E-state index in [1.807, 2.05) is 20.8 Å². The number of anilines is 1. The van der Waals surface area contributed by atoms with Crippen molar-refractivity contribution in [1.29, 1.82) is 0 Å². The third-order valence-corrected chi connectivity index (χ3v) is 4.12. The maximum atomic E-state index is 11.8. The Kier molecular flexibility index (Phi) is 4.34. The van der Waals surface area contributed by atoms with Crippen LogP contribution in [0.15, 0.2) is 10.9 Å². The molecule has 0 bridgehead atoms. The Morgan fingerprint density at radius 3 is 2.86 bits per heavy atom. The third kappa shape index (κ3) is 2.80. The number of hydrogen-bond donors (Lipinski definition) is 2. The Labute approximate surface area is 124 Å². The van der Waals surface area contributed by atoms with Crippen LogP contribution < -0.4 is 10.5 Å². The van der Waals surface area contributed by atoms with E-state index < -0.39 is 11.5 Å². The summed E-state index contributed by atoms with van der Waals surface area (Å²) >= 11 is 0. The second-order valence-electron chi connectivity index (χ2n) is 5.99. The first-order valence-corrected chi connectivity index (χ1v) is 7.53. The molecule has 1 atom stereocenters. The van der Waals surface area contributed by atoms with Gasteiger partial charge in [-0.2, -0.15) is 0 Å². The Morgan fingerprint density at radius 1 is 1.57 bits per heavy atom. The maximum absolute atomic E-state index is 11.8. The highest BCUT2D eigenvalue weighted by Crippen LogP contribution is 2.36. The summed E-state index contributed by atoms with van der Waals surface area (Å²) in [6, 6.07) is 1.41. The maximum Gasteiger partial charge on any atom is 0.329 e. The number of aromatic nitrogens is 2. The largest absolute Gasteiger partial charge is 0.479 e. The van der Waals surface area contributed by atoms with Crippen LogP contribution in [0.4, 0.5) is 5.82 Å². The molecule has 0 aliphatic carbocycles. The van der Waals surface area contributed by atoms with E-state index in [0.717, 1.165) is 12.8 Å². The predicted octanol–water partition coefficient (Wildman–Crippen LogP) is 2.12. The minimum Gasteiger partial charge on any atom is -0.479 e. The number of aliphatic carboxylic acids is 1. The molecule has 2 N–H and O–H groups in total. The summed E-state index contributed by atoms with van der Waals surface area (Å²) in [6.45, 7) is 6.50. The van der Waals surface area contributed by atoms with Crippen molar-refractivity contribution in [3.63, 3.8) is 0 Å². The van der Waals surface area contributed by atoms with Gasteiger partial charge < -0.3 is 15.0 Å². The summed E-state index contributed by atoms with van der Waals surface area (Å²) in [6.07, 6.45) is 2.75. The summed E-state index contributed by atoms with van der Waals surface area (Å²) in [5.41, 5.74) is -1.16. The zero-order valence-corrected chi connectivity index (χ0v) is 12.8.